The van der Waals surface area contributed by atoms with Crippen molar-refractivity contribution in [2.24, 2.45) is 11.3 Å². The molecule has 8 heteroatoms. The second kappa shape index (κ2) is 10.8. The maximum Gasteiger partial charge on any atom is 0.244 e. The molecule has 0 aromatic heterocycles. The smallest absolute Gasteiger partial charge is 0.244 e. The van der Waals surface area contributed by atoms with E-state index in [-0.39, 0.29) is 36.0 Å². The summed E-state index contributed by atoms with van der Waals surface area (Å²) in [6.07, 6.45) is 9.26. The first-order valence-electron chi connectivity index (χ1n) is 12.7. The van der Waals surface area contributed by atoms with Gasteiger partial charge in [-0.1, -0.05) is 31.4 Å². The zero-order chi connectivity index (χ0) is 24.1. The van der Waals surface area contributed by atoms with Crippen LogP contribution < -0.4 is 10.8 Å². The molecule has 3 N–H and O–H groups in total. The Kier molecular flexibility index (Phi) is 7.86. The van der Waals surface area contributed by atoms with Crippen molar-refractivity contribution in [3.05, 3.63) is 35.6 Å². The van der Waals surface area contributed by atoms with Crippen LogP contribution in [0.5, 0.6) is 0 Å². The number of nitrogens with zero attached hydrogens (tertiary/aromatic N) is 1. The molecule has 0 spiro atoms. The van der Waals surface area contributed by atoms with Gasteiger partial charge in [-0.3, -0.25) is 19.6 Å². The summed E-state index contributed by atoms with van der Waals surface area (Å²) in [5.74, 6) is -0.959. The van der Waals surface area contributed by atoms with Crippen LogP contribution in [0.3, 0.4) is 0 Å². The second-order valence-corrected chi connectivity index (χ2v) is 10.3. The largest absolute Gasteiger partial charge is 0.352 e. The Morgan fingerprint density at radius 2 is 1.82 bits per heavy atom. The molecule has 2 aliphatic carbocycles. The molecule has 1 saturated heterocycles. The van der Waals surface area contributed by atoms with Crippen LogP contribution in [0.4, 0.5) is 4.39 Å². The van der Waals surface area contributed by atoms with Gasteiger partial charge in [-0.05, 0) is 75.0 Å². The van der Waals surface area contributed by atoms with Gasteiger partial charge in [-0.15, -0.1) is 0 Å². The van der Waals surface area contributed by atoms with Crippen molar-refractivity contribution in [2.75, 3.05) is 6.54 Å². The molecule has 0 radical (unpaired) electrons. The summed E-state index contributed by atoms with van der Waals surface area (Å²) in [6.45, 7) is 0.438. The lowest BCUT2D eigenvalue weighted by molar-refractivity contribution is -0.148. The standard InChI is InChI=1S/C26H36FN3O4/c27-20-10-8-18(9-11-20)5-4-14-26(17-22(31)29-34)15-16-30(25(26)33)23(19-6-2-1-3-7-19)24(32)28-21-12-13-21/h8-11,19,21,23,34H,1-7,12-17H2,(H,28,32)(H,29,31). The van der Waals surface area contributed by atoms with Crippen LogP contribution in [0.2, 0.25) is 0 Å². The maximum absolute atomic E-state index is 13.9. The third-order valence-corrected chi connectivity index (χ3v) is 7.83. The molecule has 4 rings (SSSR count). The van der Waals surface area contributed by atoms with Crippen LogP contribution in [0.15, 0.2) is 24.3 Å². The SMILES string of the molecule is O=C(CC1(CCCc2ccc(F)cc2)CCN(C(C(=O)NC2CC2)C2CCCCC2)C1=O)NO. The molecule has 1 heterocycles. The first kappa shape index (κ1) is 24.6. The summed E-state index contributed by atoms with van der Waals surface area (Å²) in [4.78, 5) is 41.1. The zero-order valence-corrected chi connectivity index (χ0v) is 19.7. The van der Waals surface area contributed by atoms with Gasteiger partial charge < -0.3 is 10.2 Å². The Labute approximate surface area is 200 Å². The Morgan fingerprint density at radius 1 is 1.12 bits per heavy atom. The van der Waals surface area contributed by atoms with Crippen LogP contribution in [-0.4, -0.2) is 46.5 Å². The number of nitrogens with one attached hydrogen (secondary N) is 2. The van der Waals surface area contributed by atoms with Crippen molar-refractivity contribution in [3.8, 4) is 0 Å². The lowest BCUT2D eigenvalue weighted by Crippen LogP contribution is -2.54. The zero-order valence-electron chi connectivity index (χ0n) is 19.7. The van der Waals surface area contributed by atoms with Crippen molar-refractivity contribution in [1.82, 2.24) is 15.7 Å². The Bertz CT molecular complexity index is 883. The highest BCUT2D eigenvalue weighted by Crippen LogP contribution is 2.43. The highest BCUT2D eigenvalue weighted by molar-refractivity contribution is 5.94. The molecule has 34 heavy (non-hydrogen) atoms. The second-order valence-electron chi connectivity index (χ2n) is 10.3. The number of rotatable bonds is 10. The predicted octanol–water partition coefficient (Wildman–Crippen LogP) is 3.49. The van der Waals surface area contributed by atoms with Crippen molar-refractivity contribution in [1.29, 1.82) is 0 Å². The van der Waals surface area contributed by atoms with Gasteiger partial charge in [-0.25, -0.2) is 9.87 Å². The molecular formula is C26H36FN3O4. The van der Waals surface area contributed by atoms with Crippen LogP contribution in [0, 0.1) is 17.2 Å². The minimum atomic E-state index is -0.945. The number of benzene rings is 1. The van der Waals surface area contributed by atoms with E-state index in [1.165, 1.54) is 12.1 Å². The monoisotopic (exact) mass is 473 g/mol. The van der Waals surface area contributed by atoms with Crippen LogP contribution in [-0.2, 0) is 20.8 Å². The van der Waals surface area contributed by atoms with E-state index in [0.717, 1.165) is 50.5 Å². The Morgan fingerprint density at radius 3 is 2.47 bits per heavy atom. The number of halogens is 1. The number of carbonyl (C=O) groups is 3. The van der Waals surface area contributed by atoms with Gasteiger partial charge in [0.15, 0.2) is 0 Å². The first-order valence-corrected chi connectivity index (χ1v) is 12.7. The number of hydrogen-bond acceptors (Lipinski definition) is 4. The predicted molar refractivity (Wildman–Crippen MR) is 124 cm³/mol. The fourth-order valence-electron chi connectivity index (χ4n) is 5.80. The van der Waals surface area contributed by atoms with Crippen LogP contribution in [0.25, 0.3) is 0 Å². The van der Waals surface area contributed by atoms with E-state index in [9.17, 15) is 24.0 Å². The molecule has 1 aliphatic heterocycles. The van der Waals surface area contributed by atoms with Gasteiger partial charge in [-0.2, -0.15) is 0 Å². The molecule has 3 aliphatic rings. The highest BCUT2D eigenvalue weighted by Gasteiger charge is 2.52. The first-order chi connectivity index (χ1) is 16.4. The van der Waals surface area contributed by atoms with Crippen molar-refractivity contribution in [2.45, 2.75) is 89.1 Å². The van der Waals surface area contributed by atoms with E-state index in [0.29, 0.717) is 32.2 Å². The normalized spacial score (nSPS) is 24.2. The van der Waals surface area contributed by atoms with Crippen LogP contribution in [0.1, 0.15) is 76.2 Å². The number of aryl methyl sites for hydroxylation is 1. The van der Waals surface area contributed by atoms with E-state index in [2.05, 4.69) is 5.32 Å². The quantitative estimate of drug-likeness (QED) is 0.358. The van der Waals surface area contributed by atoms with E-state index in [1.54, 1.807) is 22.5 Å². The minimum absolute atomic E-state index is 0.0588. The van der Waals surface area contributed by atoms with Gasteiger partial charge in [0, 0.05) is 19.0 Å². The molecule has 3 fully saturated rings. The number of hydroxylamine groups is 1. The van der Waals surface area contributed by atoms with Crippen molar-refractivity contribution in [3.63, 3.8) is 0 Å². The van der Waals surface area contributed by atoms with Gasteiger partial charge in [0.25, 0.3) is 0 Å². The maximum atomic E-state index is 13.9. The molecule has 2 atom stereocenters. The fraction of sp³-hybridized carbons (Fsp3) is 0.654. The summed E-state index contributed by atoms with van der Waals surface area (Å²) < 4.78 is 13.2. The summed E-state index contributed by atoms with van der Waals surface area (Å²) in [5, 5.41) is 12.3. The van der Waals surface area contributed by atoms with E-state index in [4.69, 9.17) is 0 Å². The van der Waals surface area contributed by atoms with Crippen molar-refractivity contribution >= 4 is 17.7 Å². The van der Waals surface area contributed by atoms with E-state index in [1.807, 2.05) is 0 Å². The van der Waals surface area contributed by atoms with Gasteiger partial charge in [0.1, 0.15) is 11.9 Å². The Hall–Kier alpha value is -2.48. The number of likely N-dealkylation sites (tertiary alicyclic amines) is 1. The molecule has 2 unspecified atom stereocenters. The third-order valence-electron chi connectivity index (χ3n) is 7.83. The van der Waals surface area contributed by atoms with Crippen LogP contribution >= 0.6 is 0 Å². The van der Waals surface area contributed by atoms with Gasteiger partial charge in [0.2, 0.25) is 17.7 Å². The molecule has 0 bridgehead atoms. The molecule has 7 nitrogen and oxygen atoms in total. The summed E-state index contributed by atoms with van der Waals surface area (Å²) in [5.41, 5.74) is 1.71. The number of hydrogen-bond donors (Lipinski definition) is 3. The van der Waals surface area contributed by atoms with E-state index < -0.39 is 17.4 Å². The number of carbonyl (C=O) groups excluding carboxylic acids is 3. The molecule has 186 valence electrons. The molecule has 1 aromatic carbocycles. The van der Waals surface area contributed by atoms with E-state index >= 15 is 0 Å². The minimum Gasteiger partial charge on any atom is -0.352 e. The van der Waals surface area contributed by atoms with Crippen molar-refractivity contribution < 1.29 is 24.0 Å². The topological polar surface area (TPSA) is 98.7 Å². The third kappa shape index (κ3) is 5.77. The highest BCUT2D eigenvalue weighted by atomic mass is 19.1. The summed E-state index contributed by atoms with van der Waals surface area (Å²) >= 11 is 0. The van der Waals surface area contributed by atoms with Gasteiger partial charge in [0.05, 0.1) is 5.41 Å². The molecular weight excluding hydrogens is 437 g/mol. The fourth-order valence-corrected chi connectivity index (χ4v) is 5.80. The number of amides is 3. The molecule has 1 aromatic rings. The van der Waals surface area contributed by atoms with Gasteiger partial charge >= 0.3 is 0 Å². The average molecular weight is 474 g/mol. The summed E-state index contributed by atoms with van der Waals surface area (Å²) in [7, 11) is 0. The summed E-state index contributed by atoms with van der Waals surface area (Å²) in [6, 6.07) is 6.01. The lowest BCUT2D eigenvalue weighted by atomic mass is 9.77. The molecule has 3 amide bonds. The average Bonchev–Trinajstić information content (AvgIpc) is 3.61. The lowest BCUT2D eigenvalue weighted by Gasteiger charge is -2.37. The Balaban J connectivity index is 1.50. The molecule has 2 saturated carbocycles.